The van der Waals surface area contributed by atoms with Gasteiger partial charge < -0.3 is 4.74 Å². The fourth-order valence-corrected chi connectivity index (χ4v) is 2.13. The molecule has 0 aromatic carbocycles. The van der Waals surface area contributed by atoms with Gasteiger partial charge in [-0.15, -0.1) is 11.3 Å². The van der Waals surface area contributed by atoms with E-state index in [-0.39, 0.29) is 12.1 Å². The Morgan fingerprint density at radius 1 is 1.56 bits per heavy atom. The number of hydrogen-bond acceptors (Lipinski definition) is 4. The molecule has 0 radical (unpaired) electrons. The first-order chi connectivity index (χ1) is 7.61. The van der Waals surface area contributed by atoms with Gasteiger partial charge in [0.25, 0.3) is 0 Å². The number of carbonyl (C=O) groups is 1. The number of esters is 1. The van der Waals surface area contributed by atoms with Gasteiger partial charge in [-0.25, -0.2) is 0 Å². The summed E-state index contributed by atoms with van der Waals surface area (Å²) < 4.78 is 5.12. The molecule has 16 heavy (non-hydrogen) atoms. The van der Waals surface area contributed by atoms with Gasteiger partial charge >= 0.3 is 5.97 Å². The molecule has 0 aliphatic heterocycles. The zero-order valence-corrected chi connectivity index (χ0v) is 10.9. The lowest BCUT2D eigenvalue weighted by atomic mass is 10.4. The van der Waals surface area contributed by atoms with Gasteiger partial charge in [0.15, 0.2) is 0 Å². The molecule has 0 N–H and O–H groups in total. The Bertz CT molecular complexity index is 309. The van der Waals surface area contributed by atoms with Gasteiger partial charge in [0, 0.05) is 11.4 Å². The number of rotatable bonds is 6. The highest BCUT2D eigenvalue weighted by atomic mass is 32.1. The lowest BCUT2D eigenvalue weighted by Gasteiger charge is -2.19. The summed E-state index contributed by atoms with van der Waals surface area (Å²) in [4.78, 5) is 14.8. The molecule has 0 bridgehead atoms. The molecule has 0 fully saturated rings. The SMILES string of the molecule is CCN(CC(=O)OC(C)C)Cc1cccs1. The fraction of sp³-hybridized carbons (Fsp3) is 0.583. The third-order valence-electron chi connectivity index (χ3n) is 2.13. The smallest absolute Gasteiger partial charge is 0.320 e. The van der Waals surface area contributed by atoms with E-state index < -0.39 is 0 Å². The molecule has 0 atom stereocenters. The van der Waals surface area contributed by atoms with Crippen molar-refractivity contribution in [2.45, 2.75) is 33.4 Å². The number of nitrogens with zero attached hydrogens (tertiary/aromatic N) is 1. The quantitative estimate of drug-likeness (QED) is 0.717. The third kappa shape index (κ3) is 4.77. The van der Waals surface area contributed by atoms with E-state index in [1.54, 1.807) is 11.3 Å². The van der Waals surface area contributed by atoms with Crippen molar-refractivity contribution in [1.82, 2.24) is 4.90 Å². The lowest BCUT2D eigenvalue weighted by Crippen LogP contribution is -2.31. The molecule has 0 aliphatic carbocycles. The summed E-state index contributed by atoms with van der Waals surface area (Å²) in [6.45, 7) is 7.83. The number of likely N-dealkylation sites (N-methyl/N-ethyl adjacent to an activating group) is 1. The topological polar surface area (TPSA) is 29.5 Å². The van der Waals surface area contributed by atoms with E-state index in [0.717, 1.165) is 13.1 Å². The van der Waals surface area contributed by atoms with Crippen LogP contribution in [-0.2, 0) is 16.1 Å². The van der Waals surface area contributed by atoms with Crippen molar-refractivity contribution in [1.29, 1.82) is 0 Å². The van der Waals surface area contributed by atoms with Crippen LogP contribution in [0.1, 0.15) is 25.6 Å². The summed E-state index contributed by atoms with van der Waals surface area (Å²) in [5.41, 5.74) is 0. The van der Waals surface area contributed by atoms with Crippen molar-refractivity contribution in [2.75, 3.05) is 13.1 Å². The highest BCUT2D eigenvalue weighted by Crippen LogP contribution is 2.11. The molecule has 4 heteroatoms. The van der Waals surface area contributed by atoms with Gasteiger partial charge in [-0.3, -0.25) is 9.69 Å². The molecule has 1 rings (SSSR count). The van der Waals surface area contributed by atoms with Crippen LogP contribution in [0.25, 0.3) is 0 Å². The van der Waals surface area contributed by atoms with Crippen molar-refractivity contribution in [3.63, 3.8) is 0 Å². The second kappa shape index (κ2) is 6.66. The Hall–Kier alpha value is -0.870. The minimum absolute atomic E-state index is 0.0343. The van der Waals surface area contributed by atoms with Crippen LogP contribution in [0, 0.1) is 0 Å². The van der Waals surface area contributed by atoms with Crippen LogP contribution in [0.3, 0.4) is 0 Å². The maximum Gasteiger partial charge on any atom is 0.320 e. The molecular formula is C12H19NO2S. The standard InChI is InChI=1S/C12H19NO2S/c1-4-13(8-11-6-5-7-16-11)9-12(14)15-10(2)3/h5-7,10H,4,8-9H2,1-3H3. The van der Waals surface area contributed by atoms with E-state index in [2.05, 4.69) is 23.3 Å². The fourth-order valence-electron chi connectivity index (χ4n) is 1.39. The van der Waals surface area contributed by atoms with Gasteiger partial charge in [0.2, 0.25) is 0 Å². The molecule has 1 aromatic heterocycles. The maximum absolute atomic E-state index is 11.5. The molecule has 0 spiro atoms. The Kier molecular flexibility index (Phi) is 5.49. The monoisotopic (exact) mass is 241 g/mol. The molecule has 0 saturated heterocycles. The van der Waals surface area contributed by atoms with E-state index in [4.69, 9.17) is 4.74 Å². The molecule has 0 saturated carbocycles. The van der Waals surface area contributed by atoms with Gasteiger partial charge in [0.1, 0.15) is 0 Å². The average Bonchev–Trinajstić information content (AvgIpc) is 2.68. The maximum atomic E-state index is 11.5. The molecule has 0 unspecified atom stereocenters. The summed E-state index contributed by atoms with van der Waals surface area (Å²) in [6, 6.07) is 4.11. The zero-order valence-electron chi connectivity index (χ0n) is 10.1. The van der Waals surface area contributed by atoms with Gasteiger partial charge in [0.05, 0.1) is 12.6 Å². The van der Waals surface area contributed by atoms with Crippen molar-refractivity contribution < 1.29 is 9.53 Å². The Balaban J connectivity index is 2.40. The average molecular weight is 241 g/mol. The van der Waals surface area contributed by atoms with Crippen molar-refractivity contribution in [3.05, 3.63) is 22.4 Å². The van der Waals surface area contributed by atoms with Crippen LogP contribution in [0.15, 0.2) is 17.5 Å². The lowest BCUT2D eigenvalue weighted by molar-refractivity contribution is -0.148. The first kappa shape index (κ1) is 13.2. The Morgan fingerprint density at radius 3 is 2.81 bits per heavy atom. The van der Waals surface area contributed by atoms with Crippen LogP contribution in [0.2, 0.25) is 0 Å². The largest absolute Gasteiger partial charge is 0.462 e. The molecule has 1 aromatic rings. The molecule has 0 amide bonds. The minimum Gasteiger partial charge on any atom is -0.462 e. The number of ether oxygens (including phenoxy) is 1. The van der Waals surface area contributed by atoms with Crippen LogP contribution >= 0.6 is 11.3 Å². The van der Waals surface area contributed by atoms with E-state index >= 15 is 0 Å². The van der Waals surface area contributed by atoms with E-state index in [9.17, 15) is 4.79 Å². The molecule has 0 aliphatic rings. The Labute approximate surface area is 101 Å². The predicted octanol–water partition coefficient (Wildman–Crippen LogP) is 2.52. The summed E-state index contributed by atoms with van der Waals surface area (Å²) in [5.74, 6) is -0.145. The van der Waals surface area contributed by atoms with E-state index in [1.165, 1.54) is 4.88 Å². The number of thiophene rings is 1. The van der Waals surface area contributed by atoms with Crippen LogP contribution in [0.5, 0.6) is 0 Å². The van der Waals surface area contributed by atoms with Gasteiger partial charge in [-0.1, -0.05) is 13.0 Å². The predicted molar refractivity (Wildman–Crippen MR) is 66.5 cm³/mol. The summed E-state index contributed by atoms with van der Waals surface area (Å²) in [5, 5.41) is 2.05. The second-order valence-electron chi connectivity index (χ2n) is 3.92. The highest BCUT2D eigenvalue weighted by Gasteiger charge is 2.12. The van der Waals surface area contributed by atoms with E-state index in [1.807, 2.05) is 19.9 Å². The summed E-state index contributed by atoms with van der Waals surface area (Å²) >= 11 is 1.71. The van der Waals surface area contributed by atoms with Gasteiger partial charge in [-0.05, 0) is 31.8 Å². The number of carbonyl (C=O) groups excluding carboxylic acids is 1. The van der Waals surface area contributed by atoms with Crippen LogP contribution in [-0.4, -0.2) is 30.1 Å². The molecule has 3 nitrogen and oxygen atoms in total. The normalized spacial score (nSPS) is 11.1. The van der Waals surface area contributed by atoms with Gasteiger partial charge in [-0.2, -0.15) is 0 Å². The van der Waals surface area contributed by atoms with Crippen LogP contribution in [0.4, 0.5) is 0 Å². The second-order valence-corrected chi connectivity index (χ2v) is 4.95. The molecule has 90 valence electrons. The highest BCUT2D eigenvalue weighted by molar-refractivity contribution is 7.09. The Morgan fingerprint density at radius 2 is 2.31 bits per heavy atom. The summed E-state index contributed by atoms with van der Waals surface area (Å²) in [7, 11) is 0. The third-order valence-corrected chi connectivity index (χ3v) is 2.99. The molecular weight excluding hydrogens is 222 g/mol. The minimum atomic E-state index is -0.145. The van der Waals surface area contributed by atoms with Crippen LogP contribution < -0.4 is 0 Å². The summed E-state index contributed by atoms with van der Waals surface area (Å²) in [6.07, 6.45) is -0.0343. The first-order valence-electron chi connectivity index (χ1n) is 5.56. The van der Waals surface area contributed by atoms with E-state index in [0.29, 0.717) is 6.54 Å². The van der Waals surface area contributed by atoms with Crippen molar-refractivity contribution >= 4 is 17.3 Å². The van der Waals surface area contributed by atoms with Crippen molar-refractivity contribution in [2.24, 2.45) is 0 Å². The number of hydrogen-bond donors (Lipinski definition) is 0. The molecule has 1 heterocycles. The van der Waals surface area contributed by atoms with Crippen molar-refractivity contribution in [3.8, 4) is 0 Å². The first-order valence-corrected chi connectivity index (χ1v) is 6.44. The zero-order chi connectivity index (χ0) is 12.0.